The van der Waals surface area contributed by atoms with E-state index >= 15 is 0 Å². The lowest BCUT2D eigenvalue weighted by molar-refractivity contribution is -0.138. The van der Waals surface area contributed by atoms with Gasteiger partial charge in [-0.2, -0.15) is 0 Å². The third kappa shape index (κ3) is 6.03. The summed E-state index contributed by atoms with van der Waals surface area (Å²) in [5.74, 6) is -0.716. The van der Waals surface area contributed by atoms with Crippen LogP contribution in [0.25, 0.3) is 0 Å². The summed E-state index contributed by atoms with van der Waals surface area (Å²) >= 11 is 0. The number of aliphatic hydroxyl groups excluding tert-OH is 1. The van der Waals surface area contributed by atoms with Crippen molar-refractivity contribution < 1.29 is 15.0 Å². The molecule has 1 rings (SSSR count). The lowest BCUT2D eigenvalue weighted by Crippen LogP contribution is -2.38. The van der Waals surface area contributed by atoms with Gasteiger partial charge in [0.2, 0.25) is 0 Å². The molecule has 2 N–H and O–H groups in total. The number of hydrogen-bond donors (Lipinski definition) is 2. The summed E-state index contributed by atoms with van der Waals surface area (Å²) in [6, 6.07) is 0.490. The predicted octanol–water partition coefficient (Wildman–Crippen LogP) is 1.87. The van der Waals surface area contributed by atoms with Gasteiger partial charge in [0.1, 0.15) is 0 Å². The molecular weight excluding hydrogens is 218 g/mol. The van der Waals surface area contributed by atoms with Crippen LogP contribution in [-0.4, -0.2) is 46.8 Å². The maximum Gasteiger partial charge on any atom is 0.317 e. The third-order valence-corrected chi connectivity index (χ3v) is 3.53. The van der Waals surface area contributed by atoms with Crippen LogP contribution in [0, 0.1) is 0 Å². The van der Waals surface area contributed by atoms with Gasteiger partial charge in [0.15, 0.2) is 0 Å². The van der Waals surface area contributed by atoms with Crippen LogP contribution in [-0.2, 0) is 4.79 Å². The number of rotatable bonds is 9. The highest BCUT2D eigenvalue weighted by Crippen LogP contribution is 2.23. The Kier molecular flexibility index (Phi) is 7.21. The molecule has 0 unspecified atom stereocenters. The van der Waals surface area contributed by atoms with Crippen molar-refractivity contribution in [2.45, 2.75) is 57.4 Å². The molecule has 0 radical (unpaired) electrons. The lowest BCUT2D eigenvalue weighted by Gasteiger charge is -2.27. The zero-order valence-corrected chi connectivity index (χ0v) is 10.6. The van der Waals surface area contributed by atoms with Crippen LogP contribution in [0.2, 0.25) is 0 Å². The van der Waals surface area contributed by atoms with E-state index in [-0.39, 0.29) is 13.2 Å². The molecule has 1 fully saturated rings. The van der Waals surface area contributed by atoms with Gasteiger partial charge in [0.05, 0.1) is 6.54 Å². The van der Waals surface area contributed by atoms with Gasteiger partial charge in [-0.05, 0) is 32.2 Å². The van der Waals surface area contributed by atoms with E-state index in [1.165, 1.54) is 12.8 Å². The highest BCUT2D eigenvalue weighted by molar-refractivity contribution is 5.69. The number of carboxylic acids is 1. The molecule has 4 nitrogen and oxygen atoms in total. The van der Waals surface area contributed by atoms with Crippen molar-refractivity contribution in [1.82, 2.24) is 4.90 Å². The number of hydrogen-bond acceptors (Lipinski definition) is 3. The first-order valence-electron chi connectivity index (χ1n) is 6.80. The van der Waals surface area contributed by atoms with E-state index in [2.05, 4.69) is 4.90 Å². The summed E-state index contributed by atoms with van der Waals surface area (Å²) in [5.41, 5.74) is 0. The van der Waals surface area contributed by atoms with Crippen molar-refractivity contribution in [3.05, 3.63) is 0 Å². The molecule has 17 heavy (non-hydrogen) atoms. The van der Waals surface area contributed by atoms with Crippen molar-refractivity contribution >= 4 is 5.97 Å². The molecule has 1 saturated carbocycles. The Morgan fingerprint density at radius 2 is 1.76 bits per heavy atom. The molecule has 0 atom stereocenters. The smallest absolute Gasteiger partial charge is 0.317 e. The molecule has 0 amide bonds. The molecule has 1 aliphatic rings. The molecule has 100 valence electrons. The van der Waals surface area contributed by atoms with Gasteiger partial charge >= 0.3 is 5.97 Å². The second-order valence-corrected chi connectivity index (χ2v) is 4.94. The standard InChI is InChI=1S/C13H25NO3/c15-10-6-2-1-5-9-14(11-13(16)17)12-7-3-4-8-12/h12,15H,1-11H2,(H,16,17). The number of carboxylic acid groups (broad SMARTS) is 1. The Balaban J connectivity index is 2.22. The van der Waals surface area contributed by atoms with Crippen LogP contribution in [0.5, 0.6) is 0 Å². The van der Waals surface area contributed by atoms with E-state index in [0.29, 0.717) is 6.04 Å². The summed E-state index contributed by atoms with van der Waals surface area (Å²) in [6.45, 7) is 1.34. The Labute approximate surface area is 104 Å². The zero-order chi connectivity index (χ0) is 12.5. The van der Waals surface area contributed by atoms with E-state index in [1.54, 1.807) is 0 Å². The van der Waals surface area contributed by atoms with Gasteiger partial charge in [-0.15, -0.1) is 0 Å². The summed E-state index contributed by atoms with van der Waals surface area (Å²) in [7, 11) is 0. The molecule has 0 saturated heterocycles. The molecule has 4 heteroatoms. The van der Waals surface area contributed by atoms with Crippen LogP contribution in [0.1, 0.15) is 51.4 Å². The van der Waals surface area contributed by atoms with E-state index in [1.807, 2.05) is 0 Å². The second-order valence-electron chi connectivity index (χ2n) is 4.94. The molecule has 0 aliphatic heterocycles. The van der Waals surface area contributed by atoms with Gasteiger partial charge in [-0.1, -0.05) is 25.7 Å². The summed E-state index contributed by atoms with van der Waals surface area (Å²) < 4.78 is 0. The number of aliphatic hydroxyl groups is 1. The summed E-state index contributed by atoms with van der Waals surface area (Å²) in [6.07, 6.45) is 8.84. The topological polar surface area (TPSA) is 60.8 Å². The van der Waals surface area contributed by atoms with Crippen LogP contribution < -0.4 is 0 Å². The highest BCUT2D eigenvalue weighted by Gasteiger charge is 2.23. The first-order chi connectivity index (χ1) is 8.24. The molecule has 0 aromatic rings. The maximum absolute atomic E-state index is 10.8. The molecule has 0 bridgehead atoms. The van der Waals surface area contributed by atoms with Crippen molar-refractivity contribution in [3.8, 4) is 0 Å². The Morgan fingerprint density at radius 3 is 2.35 bits per heavy atom. The largest absolute Gasteiger partial charge is 0.480 e. The number of aliphatic carboxylic acids is 1. The predicted molar refractivity (Wildman–Crippen MR) is 67.0 cm³/mol. The van der Waals surface area contributed by atoms with Crippen molar-refractivity contribution in [2.24, 2.45) is 0 Å². The minimum absolute atomic E-state index is 0.185. The quantitative estimate of drug-likeness (QED) is 0.607. The fourth-order valence-electron chi connectivity index (χ4n) is 2.61. The highest BCUT2D eigenvalue weighted by atomic mass is 16.4. The maximum atomic E-state index is 10.8. The summed E-state index contributed by atoms with van der Waals surface area (Å²) in [4.78, 5) is 13.0. The fraction of sp³-hybridized carbons (Fsp3) is 0.923. The van der Waals surface area contributed by atoms with Gasteiger partial charge in [-0.3, -0.25) is 9.69 Å². The van der Waals surface area contributed by atoms with Gasteiger partial charge in [0.25, 0.3) is 0 Å². The van der Waals surface area contributed by atoms with Crippen molar-refractivity contribution in [2.75, 3.05) is 19.7 Å². The Bertz CT molecular complexity index is 215. The van der Waals surface area contributed by atoms with Crippen LogP contribution in [0.3, 0.4) is 0 Å². The second kappa shape index (κ2) is 8.48. The zero-order valence-electron chi connectivity index (χ0n) is 10.6. The number of carbonyl (C=O) groups is 1. The molecular formula is C13H25NO3. The number of nitrogens with zero attached hydrogens (tertiary/aromatic N) is 1. The summed E-state index contributed by atoms with van der Waals surface area (Å²) in [5, 5.41) is 17.6. The van der Waals surface area contributed by atoms with Crippen molar-refractivity contribution in [3.63, 3.8) is 0 Å². The van der Waals surface area contributed by atoms with Gasteiger partial charge in [0, 0.05) is 12.6 Å². The Morgan fingerprint density at radius 1 is 1.12 bits per heavy atom. The minimum atomic E-state index is -0.716. The van der Waals surface area contributed by atoms with Crippen LogP contribution >= 0.6 is 0 Å². The van der Waals surface area contributed by atoms with E-state index < -0.39 is 5.97 Å². The molecule has 0 aromatic heterocycles. The first-order valence-corrected chi connectivity index (χ1v) is 6.80. The third-order valence-electron chi connectivity index (χ3n) is 3.53. The normalized spacial score (nSPS) is 16.8. The van der Waals surface area contributed by atoms with Gasteiger partial charge < -0.3 is 10.2 Å². The molecule has 0 heterocycles. The molecule has 0 spiro atoms. The monoisotopic (exact) mass is 243 g/mol. The Hall–Kier alpha value is -0.610. The van der Waals surface area contributed by atoms with Crippen LogP contribution in [0.4, 0.5) is 0 Å². The lowest BCUT2D eigenvalue weighted by atomic mass is 10.1. The van der Waals surface area contributed by atoms with Crippen molar-refractivity contribution in [1.29, 1.82) is 0 Å². The SMILES string of the molecule is O=C(O)CN(CCCCCCO)C1CCCC1. The molecule has 1 aliphatic carbocycles. The number of unbranched alkanes of at least 4 members (excludes halogenated alkanes) is 3. The van der Waals surface area contributed by atoms with Crippen LogP contribution in [0.15, 0.2) is 0 Å². The fourth-order valence-corrected chi connectivity index (χ4v) is 2.61. The average molecular weight is 243 g/mol. The first kappa shape index (κ1) is 14.5. The van der Waals surface area contributed by atoms with E-state index in [4.69, 9.17) is 10.2 Å². The van der Waals surface area contributed by atoms with E-state index in [0.717, 1.165) is 45.1 Å². The van der Waals surface area contributed by atoms with E-state index in [9.17, 15) is 4.79 Å². The van der Waals surface area contributed by atoms with Gasteiger partial charge in [-0.25, -0.2) is 0 Å². The molecule has 0 aromatic carbocycles. The average Bonchev–Trinajstić information content (AvgIpc) is 2.80. The minimum Gasteiger partial charge on any atom is -0.480 e.